The van der Waals surface area contributed by atoms with E-state index < -0.39 is 10.0 Å². The summed E-state index contributed by atoms with van der Waals surface area (Å²) < 4.78 is 37.6. The highest BCUT2D eigenvalue weighted by Gasteiger charge is 2.48. The molecule has 2 heterocycles. The largest absolute Gasteiger partial charge is 0.377 e. The van der Waals surface area contributed by atoms with Crippen LogP contribution in [0.3, 0.4) is 0 Å². The summed E-state index contributed by atoms with van der Waals surface area (Å²) in [6.45, 7) is 3.67. The van der Waals surface area contributed by atoms with Crippen LogP contribution in [0.25, 0.3) is 0 Å². The zero-order valence-corrected chi connectivity index (χ0v) is 15.1. The highest BCUT2D eigenvalue weighted by molar-refractivity contribution is 7.89. The van der Waals surface area contributed by atoms with E-state index in [-0.39, 0.29) is 29.8 Å². The maximum atomic E-state index is 12.2. The zero-order chi connectivity index (χ0) is 17.1. The Kier molecular flexibility index (Phi) is 6.05. The molecule has 0 aromatic heterocycles. The first-order valence-electron chi connectivity index (χ1n) is 8.18. The number of piperidine rings is 1. The van der Waals surface area contributed by atoms with Crippen molar-refractivity contribution in [3.8, 4) is 0 Å². The second-order valence-electron chi connectivity index (χ2n) is 6.63. The second-order valence-corrected chi connectivity index (χ2v) is 8.89. The Balaban J connectivity index is 2.07. The number of amides is 1. The lowest BCUT2D eigenvalue weighted by Gasteiger charge is -2.49. The number of carbonyl (C=O) groups excluding carboxylic acids is 1. The van der Waals surface area contributed by atoms with Crippen molar-refractivity contribution in [1.29, 1.82) is 0 Å². The normalized spacial score (nSPS) is 29.1. The van der Waals surface area contributed by atoms with Gasteiger partial charge in [-0.05, 0) is 26.2 Å². The van der Waals surface area contributed by atoms with Gasteiger partial charge in [-0.3, -0.25) is 4.79 Å². The van der Waals surface area contributed by atoms with Gasteiger partial charge in [-0.2, -0.15) is 0 Å². The third kappa shape index (κ3) is 4.23. The maximum Gasteiger partial charge on any atom is 0.248 e. The van der Waals surface area contributed by atoms with Crippen molar-refractivity contribution in [3.63, 3.8) is 0 Å². The Labute approximate surface area is 139 Å². The summed E-state index contributed by atoms with van der Waals surface area (Å²) in [6.07, 6.45) is 2.45. The molecule has 0 radical (unpaired) electrons. The fourth-order valence-corrected chi connectivity index (χ4v) is 4.55. The van der Waals surface area contributed by atoms with Crippen molar-refractivity contribution in [2.24, 2.45) is 5.41 Å². The molecule has 0 N–H and O–H groups in total. The van der Waals surface area contributed by atoms with E-state index in [4.69, 9.17) is 9.47 Å². The predicted octanol–water partition coefficient (Wildman–Crippen LogP) is 0.312. The Morgan fingerprint density at radius 1 is 1.43 bits per heavy atom. The third-order valence-corrected chi connectivity index (χ3v) is 6.65. The number of carbonyl (C=O) groups is 1. The van der Waals surface area contributed by atoms with Crippen LogP contribution in [-0.2, 0) is 24.3 Å². The monoisotopic (exact) mass is 348 g/mol. The van der Waals surface area contributed by atoms with Gasteiger partial charge in [0.05, 0.1) is 18.5 Å². The number of hydrogen-bond acceptors (Lipinski definition) is 5. The number of fused-ring (bicyclic) bond motifs is 1. The van der Waals surface area contributed by atoms with Gasteiger partial charge in [0.2, 0.25) is 15.9 Å². The fourth-order valence-electron chi connectivity index (χ4n) is 3.35. The second kappa shape index (κ2) is 7.46. The van der Waals surface area contributed by atoms with E-state index in [1.807, 2.05) is 0 Å². The Morgan fingerprint density at radius 2 is 2.17 bits per heavy atom. The molecular formula is C15H28N2O5S. The molecule has 2 rings (SSSR count). The van der Waals surface area contributed by atoms with Crippen molar-refractivity contribution in [3.05, 3.63) is 0 Å². The van der Waals surface area contributed by atoms with Gasteiger partial charge in [-0.15, -0.1) is 0 Å². The van der Waals surface area contributed by atoms with Gasteiger partial charge in [0.15, 0.2) is 0 Å². The number of likely N-dealkylation sites (N-methyl/N-ethyl adjacent to an activating group) is 1. The number of rotatable bonds is 6. The van der Waals surface area contributed by atoms with E-state index in [0.717, 1.165) is 12.8 Å². The Bertz CT molecular complexity index is 522. The van der Waals surface area contributed by atoms with E-state index in [0.29, 0.717) is 32.7 Å². The van der Waals surface area contributed by atoms with Crippen molar-refractivity contribution in [1.82, 2.24) is 9.21 Å². The molecule has 2 saturated heterocycles. The molecule has 0 saturated carbocycles. The lowest BCUT2D eigenvalue weighted by Crippen LogP contribution is -2.58. The summed E-state index contributed by atoms with van der Waals surface area (Å²) in [6, 6.07) is 0. The topological polar surface area (TPSA) is 76.1 Å². The van der Waals surface area contributed by atoms with Crippen LogP contribution < -0.4 is 0 Å². The van der Waals surface area contributed by atoms with Gasteiger partial charge in [0, 0.05) is 39.2 Å². The SMILES string of the molecule is CCS(=O)(=O)N1CC[C@H]2OCCC[C@@]2(COCC(=O)N(C)C)C1. The molecule has 0 spiro atoms. The van der Waals surface area contributed by atoms with Crippen molar-refractivity contribution in [2.45, 2.75) is 32.3 Å². The van der Waals surface area contributed by atoms with Gasteiger partial charge in [-0.25, -0.2) is 12.7 Å². The average molecular weight is 348 g/mol. The Morgan fingerprint density at radius 3 is 2.83 bits per heavy atom. The summed E-state index contributed by atoms with van der Waals surface area (Å²) in [5, 5.41) is 0. The molecule has 2 fully saturated rings. The maximum absolute atomic E-state index is 12.2. The van der Waals surface area contributed by atoms with Crippen LogP contribution in [0.1, 0.15) is 26.2 Å². The van der Waals surface area contributed by atoms with Gasteiger partial charge in [0.1, 0.15) is 6.61 Å². The van der Waals surface area contributed by atoms with Crippen LogP contribution >= 0.6 is 0 Å². The van der Waals surface area contributed by atoms with E-state index in [9.17, 15) is 13.2 Å². The molecule has 8 heteroatoms. The molecule has 2 aliphatic rings. The summed E-state index contributed by atoms with van der Waals surface area (Å²) in [7, 11) is 0.157. The molecule has 0 aromatic carbocycles. The van der Waals surface area contributed by atoms with Crippen molar-refractivity contribution in [2.75, 3.05) is 52.8 Å². The van der Waals surface area contributed by atoms with E-state index >= 15 is 0 Å². The first-order valence-corrected chi connectivity index (χ1v) is 9.79. The van der Waals surface area contributed by atoms with Crippen LogP contribution in [0, 0.1) is 5.41 Å². The van der Waals surface area contributed by atoms with Gasteiger partial charge >= 0.3 is 0 Å². The standard InChI is InChI=1S/C15H28N2O5S/c1-4-23(19,20)17-8-6-13-15(11-17,7-5-9-22-13)12-21-10-14(18)16(2)3/h13H,4-12H2,1-3H3/t13-,15+/m1/s1. The smallest absolute Gasteiger partial charge is 0.248 e. The summed E-state index contributed by atoms with van der Waals surface area (Å²) in [5.74, 6) is 0.0118. The summed E-state index contributed by atoms with van der Waals surface area (Å²) >= 11 is 0. The van der Waals surface area contributed by atoms with Gasteiger partial charge in [-0.1, -0.05) is 0 Å². The number of hydrogen-bond donors (Lipinski definition) is 0. The molecule has 134 valence electrons. The lowest BCUT2D eigenvalue weighted by atomic mass is 9.73. The highest BCUT2D eigenvalue weighted by atomic mass is 32.2. The van der Waals surface area contributed by atoms with Gasteiger partial charge in [0.25, 0.3) is 0 Å². The quantitative estimate of drug-likeness (QED) is 0.691. The minimum atomic E-state index is -3.22. The average Bonchev–Trinajstić information content (AvgIpc) is 2.53. The molecule has 0 unspecified atom stereocenters. The molecule has 0 bridgehead atoms. The van der Waals surface area contributed by atoms with Crippen LogP contribution in [0.15, 0.2) is 0 Å². The van der Waals surface area contributed by atoms with Crippen LogP contribution in [-0.4, -0.2) is 82.4 Å². The molecule has 0 aromatic rings. The third-order valence-electron chi connectivity index (χ3n) is 4.83. The summed E-state index contributed by atoms with van der Waals surface area (Å²) in [5.41, 5.74) is -0.342. The first-order chi connectivity index (χ1) is 10.8. The zero-order valence-electron chi connectivity index (χ0n) is 14.3. The molecule has 2 aliphatic heterocycles. The van der Waals surface area contributed by atoms with Crippen molar-refractivity contribution >= 4 is 15.9 Å². The predicted molar refractivity (Wildman–Crippen MR) is 86.6 cm³/mol. The number of sulfonamides is 1. The van der Waals surface area contributed by atoms with Crippen LogP contribution in [0.4, 0.5) is 0 Å². The minimum absolute atomic E-state index is 0.00835. The Hall–Kier alpha value is -0.700. The van der Waals surface area contributed by atoms with Crippen LogP contribution in [0.5, 0.6) is 0 Å². The number of ether oxygens (including phenoxy) is 2. The molecule has 1 amide bonds. The highest BCUT2D eigenvalue weighted by Crippen LogP contribution is 2.41. The minimum Gasteiger partial charge on any atom is -0.377 e. The van der Waals surface area contributed by atoms with E-state index in [1.54, 1.807) is 25.3 Å². The lowest BCUT2D eigenvalue weighted by molar-refractivity contribution is -0.152. The van der Waals surface area contributed by atoms with Crippen LogP contribution in [0.2, 0.25) is 0 Å². The van der Waals surface area contributed by atoms with E-state index in [2.05, 4.69) is 0 Å². The first kappa shape index (κ1) is 18.6. The molecule has 0 aliphatic carbocycles. The molecular weight excluding hydrogens is 320 g/mol. The molecule has 7 nitrogen and oxygen atoms in total. The molecule has 2 atom stereocenters. The fraction of sp³-hybridized carbons (Fsp3) is 0.933. The van der Waals surface area contributed by atoms with Gasteiger partial charge < -0.3 is 14.4 Å². The number of nitrogens with zero attached hydrogens (tertiary/aromatic N) is 2. The van der Waals surface area contributed by atoms with E-state index in [1.165, 1.54) is 4.90 Å². The van der Waals surface area contributed by atoms with Crippen molar-refractivity contribution < 1.29 is 22.7 Å². The summed E-state index contributed by atoms with van der Waals surface area (Å²) in [4.78, 5) is 13.2. The molecule has 23 heavy (non-hydrogen) atoms.